The van der Waals surface area contributed by atoms with Crippen molar-refractivity contribution in [1.29, 1.82) is 0 Å². The van der Waals surface area contributed by atoms with Gasteiger partial charge in [-0.3, -0.25) is 4.79 Å². The topological polar surface area (TPSA) is 85.8 Å². The number of hydrogen-bond donors (Lipinski definition) is 1. The summed E-state index contributed by atoms with van der Waals surface area (Å²) in [5, 5.41) is 14.9. The first-order chi connectivity index (χ1) is 14.2. The SMILES string of the molecule is Cc1ccc(NC(=O)C(Sc2nnnn2Cc2ccco2)c2ccccc2)cc1. The molecule has 0 aliphatic rings. The van der Waals surface area contributed by atoms with E-state index >= 15 is 0 Å². The van der Waals surface area contributed by atoms with Gasteiger partial charge in [-0.2, -0.15) is 0 Å². The summed E-state index contributed by atoms with van der Waals surface area (Å²) in [5.41, 5.74) is 2.75. The summed E-state index contributed by atoms with van der Waals surface area (Å²) in [4.78, 5) is 13.1. The molecule has 8 heteroatoms. The van der Waals surface area contributed by atoms with Crippen LogP contribution in [-0.2, 0) is 11.3 Å². The van der Waals surface area contributed by atoms with Gasteiger partial charge in [-0.05, 0) is 47.2 Å². The van der Waals surface area contributed by atoms with Crippen LogP contribution in [0.2, 0.25) is 0 Å². The monoisotopic (exact) mass is 405 g/mol. The predicted molar refractivity (Wildman–Crippen MR) is 110 cm³/mol. The summed E-state index contributed by atoms with van der Waals surface area (Å²) in [6, 6.07) is 21.0. The molecule has 2 heterocycles. The van der Waals surface area contributed by atoms with Crippen molar-refractivity contribution in [2.75, 3.05) is 5.32 Å². The highest BCUT2D eigenvalue weighted by molar-refractivity contribution is 8.00. The fourth-order valence-electron chi connectivity index (χ4n) is 2.78. The molecule has 29 heavy (non-hydrogen) atoms. The zero-order chi connectivity index (χ0) is 20.1. The summed E-state index contributed by atoms with van der Waals surface area (Å²) in [7, 11) is 0. The van der Waals surface area contributed by atoms with Crippen LogP contribution < -0.4 is 5.32 Å². The maximum Gasteiger partial charge on any atom is 0.242 e. The van der Waals surface area contributed by atoms with Crippen LogP contribution in [0.1, 0.15) is 22.1 Å². The van der Waals surface area contributed by atoms with Crippen LogP contribution in [-0.4, -0.2) is 26.1 Å². The summed E-state index contributed by atoms with van der Waals surface area (Å²) in [6.07, 6.45) is 1.61. The van der Waals surface area contributed by atoms with Crippen molar-refractivity contribution in [3.05, 3.63) is 89.9 Å². The Hall–Kier alpha value is -3.39. The van der Waals surface area contributed by atoms with Crippen LogP contribution in [0.3, 0.4) is 0 Å². The minimum Gasteiger partial charge on any atom is -0.467 e. The number of aromatic nitrogens is 4. The number of thioether (sulfide) groups is 1. The smallest absolute Gasteiger partial charge is 0.242 e. The molecule has 0 fully saturated rings. The molecule has 0 spiro atoms. The molecule has 0 aliphatic carbocycles. The molecule has 0 bridgehead atoms. The highest BCUT2D eigenvalue weighted by Gasteiger charge is 2.25. The second-order valence-corrected chi connectivity index (χ2v) is 7.53. The van der Waals surface area contributed by atoms with Gasteiger partial charge in [0.2, 0.25) is 11.1 Å². The molecule has 7 nitrogen and oxygen atoms in total. The molecule has 1 N–H and O–H groups in total. The molecule has 2 aromatic carbocycles. The van der Waals surface area contributed by atoms with Gasteiger partial charge < -0.3 is 9.73 Å². The van der Waals surface area contributed by atoms with E-state index in [2.05, 4.69) is 20.8 Å². The molecule has 1 unspecified atom stereocenters. The van der Waals surface area contributed by atoms with E-state index < -0.39 is 5.25 Å². The summed E-state index contributed by atoms with van der Waals surface area (Å²) in [6.45, 7) is 2.40. The maximum atomic E-state index is 13.1. The second-order valence-electron chi connectivity index (χ2n) is 6.46. The number of amides is 1. The number of nitrogens with zero attached hydrogens (tertiary/aromatic N) is 4. The minimum absolute atomic E-state index is 0.141. The predicted octanol–water partition coefficient (Wildman–Crippen LogP) is 4.09. The average Bonchev–Trinajstić information content (AvgIpc) is 3.41. The van der Waals surface area contributed by atoms with Gasteiger partial charge in [0.1, 0.15) is 17.6 Å². The lowest BCUT2D eigenvalue weighted by Gasteiger charge is -2.16. The van der Waals surface area contributed by atoms with E-state index in [1.54, 1.807) is 10.9 Å². The van der Waals surface area contributed by atoms with E-state index in [9.17, 15) is 4.79 Å². The van der Waals surface area contributed by atoms with Crippen LogP contribution in [0.15, 0.2) is 82.6 Å². The lowest BCUT2D eigenvalue weighted by atomic mass is 10.1. The molecule has 4 rings (SSSR count). The number of tetrazole rings is 1. The second kappa shape index (κ2) is 8.74. The molecule has 146 valence electrons. The molecule has 0 radical (unpaired) electrons. The third-order valence-corrected chi connectivity index (χ3v) is 5.49. The van der Waals surface area contributed by atoms with Gasteiger partial charge in [0.25, 0.3) is 0 Å². The Kier molecular flexibility index (Phi) is 5.71. The van der Waals surface area contributed by atoms with E-state index in [4.69, 9.17) is 4.42 Å². The molecule has 1 amide bonds. The number of aryl methyl sites for hydroxylation is 1. The van der Waals surface area contributed by atoms with Crippen LogP contribution in [0.4, 0.5) is 5.69 Å². The third-order valence-electron chi connectivity index (χ3n) is 4.27. The van der Waals surface area contributed by atoms with E-state index in [0.29, 0.717) is 11.7 Å². The molecule has 4 aromatic rings. The number of benzene rings is 2. The van der Waals surface area contributed by atoms with Crippen LogP contribution >= 0.6 is 11.8 Å². The summed E-state index contributed by atoms with van der Waals surface area (Å²) < 4.78 is 7.01. The first-order valence-electron chi connectivity index (χ1n) is 9.07. The van der Waals surface area contributed by atoms with Crippen molar-refractivity contribution >= 4 is 23.4 Å². The van der Waals surface area contributed by atoms with Crippen LogP contribution in [0.5, 0.6) is 0 Å². The lowest BCUT2D eigenvalue weighted by Crippen LogP contribution is -2.19. The zero-order valence-electron chi connectivity index (χ0n) is 15.7. The standard InChI is InChI=1S/C21H19N5O2S/c1-15-9-11-17(12-10-15)22-20(27)19(16-6-3-2-4-7-16)29-21-23-24-25-26(21)14-18-8-5-13-28-18/h2-13,19H,14H2,1H3,(H,22,27). The first-order valence-corrected chi connectivity index (χ1v) is 9.95. The Morgan fingerprint density at radius 3 is 2.62 bits per heavy atom. The summed E-state index contributed by atoms with van der Waals surface area (Å²) in [5.74, 6) is 0.595. The molecular formula is C21H19N5O2S. The molecule has 2 aromatic heterocycles. The van der Waals surface area contributed by atoms with Gasteiger partial charge in [-0.25, -0.2) is 4.68 Å². The van der Waals surface area contributed by atoms with Crippen molar-refractivity contribution in [2.24, 2.45) is 0 Å². The van der Waals surface area contributed by atoms with E-state index in [0.717, 1.165) is 22.6 Å². The Balaban J connectivity index is 1.58. The number of furan rings is 1. The Morgan fingerprint density at radius 1 is 1.10 bits per heavy atom. The van der Waals surface area contributed by atoms with Crippen molar-refractivity contribution in [2.45, 2.75) is 23.9 Å². The number of nitrogens with one attached hydrogen (secondary N) is 1. The number of carbonyl (C=O) groups excluding carboxylic acids is 1. The Morgan fingerprint density at radius 2 is 1.90 bits per heavy atom. The minimum atomic E-state index is -0.515. The largest absolute Gasteiger partial charge is 0.467 e. The van der Waals surface area contributed by atoms with E-state index in [-0.39, 0.29) is 5.91 Å². The van der Waals surface area contributed by atoms with Crippen molar-refractivity contribution in [3.63, 3.8) is 0 Å². The fraction of sp³-hybridized carbons (Fsp3) is 0.143. The first kappa shape index (κ1) is 18.9. The van der Waals surface area contributed by atoms with Gasteiger partial charge in [0.15, 0.2) is 0 Å². The zero-order valence-corrected chi connectivity index (χ0v) is 16.5. The summed E-state index contributed by atoms with van der Waals surface area (Å²) >= 11 is 1.30. The number of rotatable bonds is 7. The quantitative estimate of drug-likeness (QED) is 0.466. The number of hydrogen-bond acceptors (Lipinski definition) is 6. The third kappa shape index (κ3) is 4.72. The molecule has 1 atom stereocenters. The lowest BCUT2D eigenvalue weighted by molar-refractivity contribution is -0.115. The number of carbonyl (C=O) groups is 1. The Bertz CT molecular complexity index is 1060. The van der Waals surface area contributed by atoms with E-state index in [1.165, 1.54) is 11.8 Å². The van der Waals surface area contributed by atoms with Gasteiger partial charge >= 0.3 is 0 Å². The Labute approximate surface area is 172 Å². The van der Waals surface area contributed by atoms with Gasteiger partial charge in [0, 0.05) is 5.69 Å². The fourth-order valence-corrected chi connectivity index (χ4v) is 3.76. The van der Waals surface area contributed by atoms with Crippen molar-refractivity contribution < 1.29 is 9.21 Å². The number of anilines is 1. The molecule has 0 saturated heterocycles. The van der Waals surface area contributed by atoms with Crippen molar-refractivity contribution in [3.8, 4) is 0 Å². The van der Waals surface area contributed by atoms with Crippen LogP contribution in [0.25, 0.3) is 0 Å². The molecular weight excluding hydrogens is 386 g/mol. The molecule has 0 saturated carbocycles. The maximum absolute atomic E-state index is 13.1. The highest BCUT2D eigenvalue weighted by atomic mass is 32.2. The van der Waals surface area contributed by atoms with Gasteiger partial charge in [-0.1, -0.05) is 59.8 Å². The highest BCUT2D eigenvalue weighted by Crippen LogP contribution is 2.35. The van der Waals surface area contributed by atoms with E-state index in [1.807, 2.05) is 73.7 Å². The van der Waals surface area contributed by atoms with Gasteiger partial charge in [0.05, 0.1) is 6.26 Å². The van der Waals surface area contributed by atoms with Gasteiger partial charge in [-0.15, -0.1) is 5.10 Å². The van der Waals surface area contributed by atoms with Crippen LogP contribution in [0, 0.1) is 6.92 Å². The average molecular weight is 405 g/mol. The molecule has 0 aliphatic heterocycles. The van der Waals surface area contributed by atoms with Crippen molar-refractivity contribution in [1.82, 2.24) is 20.2 Å². The normalized spacial score (nSPS) is 11.9.